The molecule has 0 aliphatic rings. The summed E-state index contributed by atoms with van der Waals surface area (Å²) in [5.41, 5.74) is 1.37. The van der Waals surface area contributed by atoms with E-state index in [0.717, 1.165) is 18.3 Å². The van der Waals surface area contributed by atoms with Crippen LogP contribution in [0.2, 0.25) is 0 Å². The van der Waals surface area contributed by atoms with Gasteiger partial charge in [-0.25, -0.2) is 0 Å². The lowest BCUT2D eigenvalue weighted by Gasteiger charge is -2.23. The first-order chi connectivity index (χ1) is 8.90. The van der Waals surface area contributed by atoms with Crippen LogP contribution in [-0.2, 0) is 0 Å². The van der Waals surface area contributed by atoms with Gasteiger partial charge in [-0.2, -0.15) is 0 Å². The van der Waals surface area contributed by atoms with E-state index in [1.807, 2.05) is 0 Å². The smallest absolute Gasteiger partial charge is 0.119 e. The highest BCUT2D eigenvalue weighted by molar-refractivity contribution is 5.28. The van der Waals surface area contributed by atoms with Crippen LogP contribution in [0.4, 0.5) is 0 Å². The number of ether oxygens (including phenoxy) is 1. The number of rotatable bonds is 7. The van der Waals surface area contributed by atoms with Gasteiger partial charge in [0, 0.05) is 0 Å². The fraction of sp³-hybridized carbons (Fsp3) is 0.667. The maximum absolute atomic E-state index is 5.97. The quantitative estimate of drug-likeness (QED) is 0.630. The van der Waals surface area contributed by atoms with E-state index in [9.17, 15) is 0 Å². The van der Waals surface area contributed by atoms with Crippen LogP contribution >= 0.6 is 0 Å². The van der Waals surface area contributed by atoms with Crippen molar-refractivity contribution in [3.63, 3.8) is 0 Å². The number of benzene rings is 1. The lowest BCUT2D eigenvalue weighted by Crippen LogP contribution is -2.19. The van der Waals surface area contributed by atoms with Crippen LogP contribution in [0.25, 0.3) is 0 Å². The van der Waals surface area contributed by atoms with Crippen molar-refractivity contribution in [2.24, 2.45) is 17.8 Å². The highest BCUT2D eigenvalue weighted by atomic mass is 16.5. The zero-order chi connectivity index (χ0) is 14.4. The molecule has 1 aromatic rings. The Morgan fingerprint density at radius 3 is 1.89 bits per heavy atom. The predicted octanol–water partition coefficient (Wildman–Crippen LogP) is 5.51. The van der Waals surface area contributed by atoms with Crippen LogP contribution in [0.3, 0.4) is 0 Å². The first-order valence-electron chi connectivity index (χ1n) is 7.63. The van der Waals surface area contributed by atoms with Gasteiger partial charge in [0.1, 0.15) is 5.75 Å². The topological polar surface area (TPSA) is 9.23 Å². The first kappa shape index (κ1) is 16.1. The van der Waals surface area contributed by atoms with E-state index >= 15 is 0 Å². The van der Waals surface area contributed by atoms with E-state index in [4.69, 9.17) is 4.74 Å². The molecule has 0 radical (unpaired) electrons. The second kappa shape index (κ2) is 7.57. The third-order valence-electron chi connectivity index (χ3n) is 3.73. The van der Waals surface area contributed by atoms with Crippen LogP contribution in [-0.4, -0.2) is 6.61 Å². The summed E-state index contributed by atoms with van der Waals surface area (Å²) in [5, 5.41) is 0. The van der Waals surface area contributed by atoms with Gasteiger partial charge in [0.05, 0.1) is 6.61 Å². The lowest BCUT2D eigenvalue weighted by molar-refractivity contribution is 0.186. The average molecular weight is 262 g/mol. The molecule has 0 spiro atoms. The summed E-state index contributed by atoms with van der Waals surface area (Å²) in [6.07, 6.45) is 1.24. The Morgan fingerprint density at radius 1 is 0.895 bits per heavy atom. The molecule has 1 aromatic carbocycles. The van der Waals surface area contributed by atoms with E-state index in [0.29, 0.717) is 17.8 Å². The molecule has 0 aliphatic carbocycles. The summed E-state index contributed by atoms with van der Waals surface area (Å²) < 4.78 is 5.97. The van der Waals surface area contributed by atoms with Crippen molar-refractivity contribution < 1.29 is 4.74 Å². The van der Waals surface area contributed by atoms with E-state index < -0.39 is 0 Å². The summed E-state index contributed by atoms with van der Waals surface area (Å²) in [7, 11) is 0. The van der Waals surface area contributed by atoms with Gasteiger partial charge in [-0.3, -0.25) is 0 Å². The van der Waals surface area contributed by atoms with Crippen molar-refractivity contribution in [3.8, 4) is 5.75 Å². The van der Waals surface area contributed by atoms with Crippen LogP contribution in [0.5, 0.6) is 5.75 Å². The first-order valence-corrected chi connectivity index (χ1v) is 7.63. The Morgan fingerprint density at radius 2 is 1.47 bits per heavy atom. The van der Waals surface area contributed by atoms with Crippen molar-refractivity contribution in [2.75, 3.05) is 6.61 Å². The van der Waals surface area contributed by atoms with Gasteiger partial charge in [-0.05, 0) is 47.8 Å². The molecule has 0 aliphatic heterocycles. The second-order valence-electron chi connectivity index (χ2n) is 6.67. The van der Waals surface area contributed by atoms with Crippen molar-refractivity contribution in [2.45, 2.75) is 53.9 Å². The van der Waals surface area contributed by atoms with E-state index in [1.165, 1.54) is 12.0 Å². The summed E-state index contributed by atoms with van der Waals surface area (Å²) in [6.45, 7) is 14.4. The molecule has 1 unspecified atom stereocenters. The Kier molecular flexibility index (Phi) is 6.41. The van der Waals surface area contributed by atoms with E-state index in [1.54, 1.807) is 0 Å². The molecule has 0 N–H and O–H groups in total. The van der Waals surface area contributed by atoms with Crippen LogP contribution < -0.4 is 4.74 Å². The predicted molar refractivity (Wildman–Crippen MR) is 83.8 cm³/mol. The minimum atomic E-state index is 0.582. The van der Waals surface area contributed by atoms with Gasteiger partial charge in [0.25, 0.3) is 0 Å². The van der Waals surface area contributed by atoms with Gasteiger partial charge in [-0.1, -0.05) is 53.7 Å². The molecule has 0 bridgehead atoms. The van der Waals surface area contributed by atoms with Crippen LogP contribution in [0.15, 0.2) is 24.3 Å². The molecule has 0 amide bonds. The lowest BCUT2D eigenvalue weighted by atomic mass is 9.88. The molecule has 0 aromatic heterocycles. The number of hydrogen-bond acceptors (Lipinski definition) is 1. The van der Waals surface area contributed by atoms with Crippen LogP contribution in [0, 0.1) is 17.8 Å². The molecule has 1 heteroatoms. The van der Waals surface area contributed by atoms with Gasteiger partial charge < -0.3 is 4.74 Å². The monoisotopic (exact) mass is 262 g/mol. The zero-order valence-electron chi connectivity index (χ0n) is 13.4. The molecule has 1 nitrogen and oxygen atoms in total. The maximum Gasteiger partial charge on any atom is 0.119 e. The highest BCUT2D eigenvalue weighted by Gasteiger charge is 2.16. The van der Waals surface area contributed by atoms with Crippen molar-refractivity contribution in [1.82, 2.24) is 0 Å². The normalized spacial score (nSPS) is 13.3. The summed E-state index contributed by atoms with van der Waals surface area (Å²) in [4.78, 5) is 0. The molecule has 0 saturated carbocycles. The maximum atomic E-state index is 5.97. The molecule has 0 heterocycles. The fourth-order valence-electron chi connectivity index (χ4n) is 2.29. The fourth-order valence-corrected chi connectivity index (χ4v) is 2.29. The Labute approximate surface area is 119 Å². The van der Waals surface area contributed by atoms with E-state index in [-0.39, 0.29) is 0 Å². The minimum absolute atomic E-state index is 0.582. The summed E-state index contributed by atoms with van der Waals surface area (Å²) in [6, 6.07) is 8.55. The minimum Gasteiger partial charge on any atom is -0.493 e. The van der Waals surface area contributed by atoms with Crippen molar-refractivity contribution in [1.29, 1.82) is 0 Å². The van der Waals surface area contributed by atoms with E-state index in [2.05, 4.69) is 65.8 Å². The third kappa shape index (κ3) is 5.67. The third-order valence-corrected chi connectivity index (χ3v) is 3.73. The van der Waals surface area contributed by atoms with Gasteiger partial charge in [0.2, 0.25) is 0 Å². The standard InChI is InChI=1S/C18H30O/c1-13(2)11-17(15(5)6)12-19-18-9-7-16(8-10-18)14(3)4/h7-10,13-15,17H,11-12H2,1-6H3. The number of hydrogen-bond donors (Lipinski definition) is 0. The van der Waals surface area contributed by atoms with Crippen molar-refractivity contribution >= 4 is 0 Å². The molecular weight excluding hydrogens is 232 g/mol. The average Bonchev–Trinajstić information content (AvgIpc) is 2.34. The summed E-state index contributed by atoms with van der Waals surface area (Å²) >= 11 is 0. The molecule has 0 saturated heterocycles. The Balaban J connectivity index is 2.54. The molecule has 0 fully saturated rings. The van der Waals surface area contributed by atoms with Gasteiger partial charge in [-0.15, -0.1) is 0 Å². The Bertz CT molecular complexity index is 348. The van der Waals surface area contributed by atoms with Gasteiger partial charge in [0.15, 0.2) is 0 Å². The molecule has 1 rings (SSSR count). The largest absolute Gasteiger partial charge is 0.493 e. The highest BCUT2D eigenvalue weighted by Crippen LogP contribution is 2.23. The van der Waals surface area contributed by atoms with Crippen LogP contribution in [0.1, 0.15) is 59.4 Å². The zero-order valence-corrected chi connectivity index (χ0v) is 13.4. The SMILES string of the molecule is CC(C)CC(COc1ccc(C(C)C)cc1)C(C)C. The molecular formula is C18H30O. The molecule has 108 valence electrons. The van der Waals surface area contributed by atoms with Crippen molar-refractivity contribution in [3.05, 3.63) is 29.8 Å². The summed E-state index contributed by atoms with van der Waals surface area (Å²) in [5.74, 6) is 3.64. The van der Waals surface area contributed by atoms with Gasteiger partial charge >= 0.3 is 0 Å². The molecule has 1 atom stereocenters. The Hall–Kier alpha value is -0.980. The molecule has 19 heavy (non-hydrogen) atoms. The second-order valence-corrected chi connectivity index (χ2v) is 6.67.